The fraction of sp³-hybridized carbons (Fsp3) is 0.250. The van der Waals surface area contributed by atoms with Crippen LogP contribution < -0.4 is 10.3 Å². The number of carbonyl (C=O) groups excluding carboxylic acids is 1. The van der Waals surface area contributed by atoms with Gasteiger partial charge in [0.15, 0.2) is 0 Å². The van der Waals surface area contributed by atoms with Crippen molar-refractivity contribution < 1.29 is 14.3 Å². The number of nitrogens with zero attached hydrogens (tertiary/aromatic N) is 1. The van der Waals surface area contributed by atoms with Crippen molar-refractivity contribution in [1.82, 2.24) is 10.2 Å². The number of para-hydroxylation sites is 1. The molecule has 0 atom stereocenters. The topological polar surface area (TPSA) is 81.3 Å². The summed E-state index contributed by atoms with van der Waals surface area (Å²) in [5.74, 6) is 0.220. The molecule has 0 aliphatic heterocycles. The molecular formula is C20H20N2O4. The van der Waals surface area contributed by atoms with Crippen LogP contribution in [0.3, 0.4) is 0 Å². The number of aromatic amines is 1. The largest absolute Gasteiger partial charge is 0.496 e. The number of methoxy groups -OCH3 is 1. The van der Waals surface area contributed by atoms with Crippen LogP contribution in [0.15, 0.2) is 35.1 Å². The van der Waals surface area contributed by atoms with Crippen molar-refractivity contribution in [2.24, 2.45) is 0 Å². The highest BCUT2D eigenvalue weighted by atomic mass is 16.5. The molecule has 6 heteroatoms. The van der Waals surface area contributed by atoms with Gasteiger partial charge in [-0.1, -0.05) is 12.1 Å². The zero-order chi connectivity index (χ0) is 18.8. The molecule has 0 unspecified atom stereocenters. The number of nitrogens with one attached hydrogen (secondary N) is 1. The maximum atomic E-state index is 12.5. The Labute approximate surface area is 150 Å². The molecule has 1 heterocycles. The molecule has 0 fully saturated rings. The average molecular weight is 352 g/mol. The predicted molar refractivity (Wildman–Crippen MR) is 99.8 cm³/mol. The lowest BCUT2D eigenvalue weighted by atomic mass is 9.94. The minimum Gasteiger partial charge on any atom is -0.496 e. The molecule has 26 heavy (non-hydrogen) atoms. The van der Waals surface area contributed by atoms with Gasteiger partial charge in [-0.25, -0.2) is 9.89 Å². The van der Waals surface area contributed by atoms with Gasteiger partial charge in [0.25, 0.3) is 5.56 Å². The van der Waals surface area contributed by atoms with Crippen molar-refractivity contribution in [2.75, 3.05) is 13.7 Å². The minimum atomic E-state index is -0.431. The van der Waals surface area contributed by atoms with Gasteiger partial charge in [0.2, 0.25) is 0 Å². The van der Waals surface area contributed by atoms with Gasteiger partial charge < -0.3 is 9.47 Å². The number of ether oxygens (including phenoxy) is 2. The van der Waals surface area contributed by atoms with E-state index in [1.165, 1.54) is 0 Å². The van der Waals surface area contributed by atoms with Gasteiger partial charge in [-0.2, -0.15) is 5.10 Å². The zero-order valence-electron chi connectivity index (χ0n) is 15.2. The number of hydrogen-bond acceptors (Lipinski definition) is 5. The molecule has 0 amide bonds. The first-order chi connectivity index (χ1) is 12.5. The summed E-state index contributed by atoms with van der Waals surface area (Å²) in [6, 6.07) is 9.26. The number of H-pyrrole nitrogens is 1. The molecule has 1 N–H and O–H groups in total. The van der Waals surface area contributed by atoms with Crippen LogP contribution in [0, 0.1) is 13.8 Å². The highest BCUT2D eigenvalue weighted by Gasteiger charge is 2.21. The summed E-state index contributed by atoms with van der Waals surface area (Å²) in [7, 11) is 1.59. The van der Waals surface area contributed by atoms with Crippen LogP contribution in [0.2, 0.25) is 0 Å². The number of benzene rings is 2. The lowest BCUT2D eigenvalue weighted by molar-refractivity contribution is 0.0525. The summed E-state index contributed by atoms with van der Waals surface area (Å²) in [6.07, 6.45) is 0. The predicted octanol–water partition coefficient (Wildman–Crippen LogP) is 3.39. The van der Waals surface area contributed by atoms with Gasteiger partial charge in [-0.15, -0.1) is 0 Å². The molecule has 6 nitrogen and oxygen atoms in total. The van der Waals surface area contributed by atoms with Gasteiger partial charge in [-0.3, -0.25) is 4.79 Å². The van der Waals surface area contributed by atoms with E-state index in [0.29, 0.717) is 33.3 Å². The first-order valence-corrected chi connectivity index (χ1v) is 8.32. The molecular weight excluding hydrogens is 332 g/mol. The average Bonchev–Trinajstić information content (AvgIpc) is 2.62. The number of esters is 1. The smallest absolute Gasteiger partial charge is 0.338 e. The molecule has 3 aromatic rings. The minimum absolute atomic E-state index is 0.273. The first-order valence-electron chi connectivity index (χ1n) is 8.32. The summed E-state index contributed by atoms with van der Waals surface area (Å²) in [5, 5.41) is 7.88. The quantitative estimate of drug-likeness (QED) is 0.728. The number of hydrogen-bond donors (Lipinski definition) is 1. The molecule has 134 valence electrons. The van der Waals surface area contributed by atoms with Gasteiger partial charge in [0.1, 0.15) is 11.4 Å². The summed E-state index contributed by atoms with van der Waals surface area (Å²) in [6.45, 7) is 5.60. The molecule has 0 spiro atoms. The Morgan fingerprint density at radius 1 is 1.23 bits per heavy atom. The maximum Gasteiger partial charge on any atom is 0.338 e. The van der Waals surface area contributed by atoms with Crippen LogP contribution in [-0.2, 0) is 4.74 Å². The van der Waals surface area contributed by atoms with E-state index in [1.54, 1.807) is 27.0 Å². The summed E-state index contributed by atoms with van der Waals surface area (Å²) in [5.41, 5.74) is 2.75. The number of aromatic nitrogens is 2. The van der Waals surface area contributed by atoms with Crippen molar-refractivity contribution in [1.29, 1.82) is 0 Å². The fourth-order valence-corrected chi connectivity index (χ4v) is 3.25. The molecule has 0 aliphatic rings. The normalized spacial score (nSPS) is 10.8. The Balaban J connectivity index is 2.38. The van der Waals surface area contributed by atoms with Crippen LogP contribution in [0.1, 0.15) is 28.4 Å². The third kappa shape index (κ3) is 2.83. The summed E-state index contributed by atoms with van der Waals surface area (Å²) in [4.78, 5) is 24.8. The first kappa shape index (κ1) is 17.7. The molecule has 2 aromatic carbocycles. The molecule has 0 aliphatic carbocycles. The van der Waals surface area contributed by atoms with E-state index in [-0.39, 0.29) is 12.2 Å². The molecule has 0 saturated carbocycles. The van der Waals surface area contributed by atoms with Crippen molar-refractivity contribution >= 4 is 16.7 Å². The Kier molecular flexibility index (Phi) is 4.75. The maximum absolute atomic E-state index is 12.5. The molecule has 0 saturated heterocycles. The second-order valence-corrected chi connectivity index (χ2v) is 5.94. The van der Waals surface area contributed by atoms with E-state index < -0.39 is 5.97 Å². The van der Waals surface area contributed by atoms with E-state index in [4.69, 9.17) is 9.47 Å². The van der Waals surface area contributed by atoms with E-state index >= 15 is 0 Å². The second kappa shape index (κ2) is 7.00. The van der Waals surface area contributed by atoms with Crippen LogP contribution in [0.4, 0.5) is 0 Å². The zero-order valence-corrected chi connectivity index (χ0v) is 15.2. The van der Waals surface area contributed by atoms with Crippen LogP contribution in [0.5, 0.6) is 5.75 Å². The lowest BCUT2D eigenvalue weighted by Gasteiger charge is -2.14. The van der Waals surface area contributed by atoms with Crippen LogP contribution in [-0.4, -0.2) is 29.9 Å². The number of fused-ring (bicyclic) bond motifs is 1. The van der Waals surface area contributed by atoms with Gasteiger partial charge in [0, 0.05) is 10.9 Å². The van der Waals surface area contributed by atoms with E-state index in [0.717, 1.165) is 11.1 Å². The summed E-state index contributed by atoms with van der Waals surface area (Å²) < 4.78 is 10.6. The molecule has 1 aromatic heterocycles. The Morgan fingerprint density at radius 3 is 2.65 bits per heavy atom. The third-order valence-corrected chi connectivity index (χ3v) is 4.37. The van der Waals surface area contributed by atoms with Crippen molar-refractivity contribution in [2.45, 2.75) is 20.8 Å². The summed E-state index contributed by atoms with van der Waals surface area (Å²) >= 11 is 0. The lowest BCUT2D eigenvalue weighted by Crippen LogP contribution is -2.16. The molecule has 0 radical (unpaired) electrons. The van der Waals surface area contributed by atoms with Gasteiger partial charge in [-0.05, 0) is 50.1 Å². The fourth-order valence-electron chi connectivity index (χ4n) is 3.25. The van der Waals surface area contributed by atoms with Gasteiger partial charge >= 0.3 is 5.97 Å². The standard InChI is InChI=1S/C20H20N2O4/c1-5-26-20(24)16-11(2)10-14-17(12(16)3)19(23)22-21-18(14)13-8-6-7-9-15(13)25-4/h6-10H,5H2,1-4H3,(H,22,23). The third-order valence-electron chi connectivity index (χ3n) is 4.37. The van der Waals surface area contributed by atoms with E-state index in [9.17, 15) is 9.59 Å². The number of carbonyl (C=O) groups is 1. The van der Waals surface area contributed by atoms with Crippen LogP contribution in [0.25, 0.3) is 22.0 Å². The van der Waals surface area contributed by atoms with Crippen molar-refractivity contribution in [3.63, 3.8) is 0 Å². The number of rotatable bonds is 4. The Morgan fingerprint density at radius 2 is 1.96 bits per heavy atom. The molecule has 0 bridgehead atoms. The van der Waals surface area contributed by atoms with E-state index in [1.807, 2.05) is 31.2 Å². The monoisotopic (exact) mass is 352 g/mol. The van der Waals surface area contributed by atoms with Gasteiger partial charge in [0.05, 0.1) is 24.7 Å². The second-order valence-electron chi connectivity index (χ2n) is 5.94. The molecule has 3 rings (SSSR count). The highest BCUT2D eigenvalue weighted by molar-refractivity contribution is 6.04. The Bertz CT molecular complexity index is 1050. The van der Waals surface area contributed by atoms with Crippen molar-refractivity contribution in [3.8, 4) is 17.0 Å². The Hall–Kier alpha value is -3.15. The van der Waals surface area contributed by atoms with Crippen LogP contribution >= 0.6 is 0 Å². The highest BCUT2D eigenvalue weighted by Crippen LogP contribution is 2.34. The van der Waals surface area contributed by atoms with Crippen molar-refractivity contribution in [3.05, 3.63) is 57.4 Å². The SMILES string of the molecule is CCOC(=O)c1c(C)cc2c(-c3ccccc3OC)n[nH]c(=O)c2c1C. The van der Waals surface area contributed by atoms with E-state index in [2.05, 4.69) is 10.2 Å². The number of aryl methyl sites for hydroxylation is 2.